The fourth-order valence-electron chi connectivity index (χ4n) is 5.20. The molecule has 0 amide bonds. The second-order valence-corrected chi connectivity index (χ2v) is 10.5. The summed E-state index contributed by atoms with van der Waals surface area (Å²) in [5.74, 6) is 0.718. The lowest BCUT2D eigenvalue weighted by Crippen LogP contribution is -2.35. The van der Waals surface area contributed by atoms with E-state index in [4.69, 9.17) is 21.1 Å². The molecule has 2 heterocycles. The molecular weight excluding hydrogens is 493 g/mol. The number of nitrogens with zero attached hydrogens (tertiary/aromatic N) is 1. The number of allylic oxidation sites excluding steroid dienone is 1. The summed E-state index contributed by atoms with van der Waals surface area (Å²) in [6.07, 6.45) is 0.580. The monoisotopic (exact) mass is 523 g/mol. The van der Waals surface area contributed by atoms with Crippen LogP contribution in [-0.2, 0) is 0 Å². The Labute approximate surface area is 221 Å². The molecule has 0 bridgehead atoms. The van der Waals surface area contributed by atoms with E-state index in [0.717, 1.165) is 35.9 Å². The third-order valence-corrected chi connectivity index (χ3v) is 7.69. The molecule has 0 aromatic heterocycles. The van der Waals surface area contributed by atoms with Crippen molar-refractivity contribution in [3.63, 3.8) is 0 Å². The minimum absolute atomic E-state index is 0.0649. The first-order valence-electron chi connectivity index (χ1n) is 12.6. The van der Waals surface area contributed by atoms with E-state index < -0.39 is 17.7 Å². The van der Waals surface area contributed by atoms with Crippen LogP contribution in [0.5, 0.6) is 23.0 Å². The number of aromatic hydroxyl groups is 2. The van der Waals surface area contributed by atoms with Gasteiger partial charge in [0.25, 0.3) is 0 Å². The summed E-state index contributed by atoms with van der Waals surface area (Å²) in [5.41, 5.74) is 2.93. The van der Waals surface area contributed by atoms with E-state index in [2.05, 4.69) is 18.7 Å². The number of likely N-dealkylation sites (tertiary alicyclic amines) is 1. The summed E-state index contributed by atoms with van der Waals surface area (Å²) in [6.45, 7) is 9.13. The third kappa shape index (κ3) is 5.00. The number of halogens is 2. The molecule has 2 aliphatic heterocycles. The summed E-state index contributed by atoms with van der Waals surface area (Å²) >= 11 is 5.95. The van der Waals surface area contributed by atoms with Crippen molar-refractivity contribution in [2.75, 3.05) is 19.7 Å². The molecule has 0 aliphatic carbocycles. The Kier molecular flexibility index (Phi) is 7.06. The van der Waals surface area contributed by atoms with Crippen LogP contribution in [0.3, 0.4) is 0 Å². The van der Waals surface area contributed by atoms with Gasteiger partial charge in [-0.05, 0) is 86.3 Å². The zero-order valence-electron chi connectivity index (χ0n) is 21.2. The van der Waals surface area contributed by atoms with Gasteiger partial charge in [-0.2, -0.15) is 0 Å². The number of phenolic OH excluding ortho intramolecular Hbond substituents is 2. The summed E-state index contributed by atoms with van der Waals surface area (Å²) in [7, 11) is 0. The number of benzene rings is 3. The van der Waals surface area contributed by atoms with Gasteiger partial charge in [-0.25, -0.2) is 4.39 Å². The third-order valence-electron chi connectivity index (χ3n) is 7.39. The lowest BCUT2D eigenvalue weighted by atomic mass is 9.85. The topological polar surface area (TPSA) is 62.2 Å². The first-order chi connectivity index (χ1) is 17.7. The normalized spacial score (nSPS) is 20.5. The van der Waals surface area contributed by atoms with E-state index in [0.29, 0.717) is 29.5 Å². The van der Waals surface area contributed by atoms with Crippen LogP contribution in [0.2, 0.25) is 5.02 Å². The highest BCUT2D eigenvalue weighted by atomic mass is 35.5. The van der Waals surface area contributed by atoms with Crippen LogP contribution in [-0.4, -0.2) is 40.9 Å². The number of rotatable bonds is 6. The minimum Gasteiger partial charge on any atom is -0.508 e. The van der Waals surface area contributed by atoms with Crippen molar-refractivity contribution < 1.29 is 24.1 Å². The van der Waals surface area contributed by atoms with Crippen LogP contribution >= 0.6 is 11.6 Å². The summed E-state index contributed by atoms with van der Waals surface area (Å²) in [4.78, 5) is 2.46. The van der Waals surface area contributed by atoms with Gasteiger partial charge >= 0.3 is 0 Å². The van der Waals surface area contributed by atoms with Gasteiger partial charge in [0, 0.05) is 29.3 Å². The number of fused-ring (bicyclic) bond motifs is 1. The van der Waals surface area contributed by atoms with Crippen LogP contribution in [0.4, 0.5) is 4.39 Å². The average molecular weight is 524 g/mol. The second kappa shape index (κ2) is 10.3. The van der Waals surface area contributed by atoms with Crippen molar-refractivity contribution in [2.45, 2.75) is 39.3 Å². The Balaban J connectivity index is 1.45. The SMILES string of the molecule is CC1=C(c2ccc(Cl)c(O)c2F)C(c2ccc(OC[C@H](C)N3CC[C@@H](C)C3)cc2)Oc2ccc(O)cc21. The second-order valence-electron chi connectivity index (χ2n) is 10.1. The highest BCUT2D eigenvalue weighted by molar-refractivity contribution is 6.32. The Bertz CT molecular complexity index is 1340. The minimum atomic E-state index is -0.816. The molecule has 3 atom stereocenters. The fraction of sp³-hybridized carbons (Fsp3) is 0.333. The van der Waals surface area contributed by atoms with Gasteiger partial charge in [-0.15, -0.1) is 0 Å². The number of hydrogen-bond acceptors (Lipinski definition) is 5. The van der Waals surface area contributed by atoms with E-state index in [9.17, 15) is 10.2 Å². The first-order valence-corrected chi connectivity index (χ1v) is 13.0. The van der Waals surface area contributed by atoms with Crippen LogP contribution in [0.1, 0.15) is 50.0 Å². The molecule has 5 nitrogen and oxygen atoms in total. The molecule has 2 aliphatic rings. The molecule has 1 fully saturated rings. The van der Waals surface area contributed by atoms with Gasteiger partial charge < -0.3 is 19.7 Å². The lowest BCUT2D eigenvalue weighted by molar-refractivity contribution is 0.169. The van der Waals surface area contributed by atoms with Crippen LogP contribution in [0.25, 0.3) is 11.1 Å². The van der Waals surface area contributed by atoms with Crippen LogP contribution in [0, 0.1) is 11.7 Å². The van der Waals surface area contributed by atoms with Gasteiger partial charge in [0.2, 0.25) is 0 Å². The molecule has 3 aromatic carbocycles. The summed E-state index contributed by atoms with van der Waals surface area (Å²) in [6, 6.07) is 15.8. The molecule has 1 unspecified atom stereocenters. The predicted octanol–water partition coefficient (Wildman–Crippen LogP) is 7.06. The number of hydrogen-bond donors (Lipinski definition) is 2. The van der Waals surface area contributed by atoms with E-state index in [-0.39, 0.29) is 16.3 Å². The van der Waals surface area contributed by atoms with Gasteiger partial charge in [0.05, 0.1) is 5.02 Å². The fourth-order valence-corrected chi connectivity index (χ4v) is 5.34. The van der Waals surface area contributed by atoms with Gasteiger partial charge in [0.1, 0.15) is 30.0 Å². The van der Waals surface area contributed by atoms with Crippen molar-refractivity contribution >= 4 is 22.7 Å². The smallest absolute Gasteiger partial charge is 0.174 e. The molecule has 2 N–H and O–H groups in total. The van der Waals surface area contributed by atoms with E-state index in [1.807, 2.05) is 31.2 Å². The van der Waals surface area contributed by atoms with E-state index in [1.54, 1.807) is 24.3 Å². The zero-order chi connectivity index (χ0) is 26.3. The molecule has 3 aromatic rings. The standard InChI is InChI=1S/C30H31ClFNO4/c1-17-12-13-33(15-17)18(2)16-36-22-7-4-20(5-8-22)30-27(23-9-10-25(31)29(35)28(23)32)19(3)24-14-21(34)6-11-26(24)37-30/h4-11,14,17-18,30,34-35H,12-13,15-16H2,1-3H3/t17-,18+,30?/m1/s1. The molecule has 5 rings (SSSR count). The molecule has 0 spiro atoms. The lowest BCUT2D eigenvalue weighted by Gasteiger charge is -2.31. The Hall–Kier alpha value is -3.22. The molecule has 1 saturated heterocycles. The van der Waals surface area contributed by atoms with Crippen molar-refractivity contribution in [1.82, 2.24) is 4.90 Å². The first kappa shape index (κ1) is 25.4. The molecule has 0 radical (unpaired) electrons. The maximum atomic E-state index is 15.3. The number of phenols is 2. The maximum absolute atomic E-state index is 15.3. The Morgan fingerprint density at radius 3 is 2.57 bits per heavy atom. The Morgan fingerprint density at radius 1 is 1.11 bits per heavy atom. The predicted molar refractivity (Wildman–Crippen MR) is 144 cm³/mol. The van der Waals surface area contributed by atoms with Crippen molar-refractivity contribution in [2.24, 2.45) is 5.92 Å². The average Bonchev–Trinajstić information content (AvgIpc) is 3.33. The highest BCUT2D eigenvalue weighted by Gasteiger charge is 2.32. The molecule has 194 valence electrons. The van der Waals surface area contributed by atoms with Gasteiger partial charge in [0.15, 0.2) is 11.6 Å². The van der Waals surface area contributed by atoms with Crippen LogP contribution in [0.15, 0.2) is 54.6 Å². The maximum Gasteiger partial charge on any atom is 0.174 e. The zero-order valence-corrected chi connectivity index (χ0v) is 21.9. The highest BCUT2D eigenvalue weighted by Crippen LogP contribution is 2.49. The molecule has 0 saturated carbocycles. The van der Waals surface area contributed by atoms with E-state index in [1.165, 1.54) is 12.5 Å². The Morgan fingerprint density at radius 2 is 1.86 bits per heavy atom. The quantitative estimate of drug-likeness (QED) is 0.362. The van der Waals surface area contributed by atoms with Crippen molar-refractivity contribution in [3.05, 3.63) is 82.1 Å². The van der Waals surface area contributed by atoms with Gasteiger partial charge in [-0.1, -0.05) is 30.7 Å². The molecule has 37 heavy (non-hydrogen) atoms. The van der Waals surface area contributed by atoms with E-state index >= 15 is 4.39 Å². The largest absolute Gasteiger partial charge is 0.508 e. The van der Waals surface area contributed by atoms with Gasteiger partial charge in [-0.3, -0.25) is 4.90 Å². The van der Waals surface area contributed by atoms with Crippen molar-refractivity contribution in [1.29, 1.82) is 0 Å². The van der Waals surface area contributed by atoms with Crippen LogP contribution < -0.4 is 9.47 Å². The molecule has 7 heteroatoms. The molecular formula is C30H31ClFNO4. The number of ether oxygens (including phenoxy) is 2. The summed E-state index contributed by atoms with van der Waals surface area (Å²) < 4.78 is 27.7. The summed E-state index contributed by atoms with van der Waals surface area (Å²) in [5, 5.41) is 20.2. The van der Waals surface area contributed by atoms with Crippen molar-refractivity contribution in [3.8, 4) is 23.0 Å².